The van der Waals surface area contributed by atoms with Gasteiger partial charge < -0.3 is 15.0 Å². The van der Waals surface area contributed by atoms with E-state index in [4.69, 9.17) is 4.74 Å². The van der Waals surface area contributed by atoms with E-state index in [0.717, 1.165) is 37.0 Å². The molecule has 124 valence electrons. The van der Waals surface area contributed by atoms with Gasteiger partial charge in [0.05, 0.1) is 0 Å². The number of piperidine rings is 2. The summed E-state index contributed by atoms with van der Waals surface area (Å²) in [6, 6.07) is 1.54. The van der Waals surface area contributed by atoms with Crippen LogP contribution in [0.5, 0.6) is 5.75 Å². The van der Waals surface area contributed by atoms with Crippen molar-refractivity contribution in [1.29, 1.82) is 0 Å². The highest BCUT2D eigenvalue weighted by Crippen LogP contribution is 2.22. The summed E-state index contributed by atoms with van der Waals surface area (Å²) in [6.45, 7) is 3.34. The molecule has 0 radical (unpaired) electrons. The number of hydrogen-bond acceptors (Lipinski definition) is 4. The fourth-order valence-electron chi connectivity index (χ4n) is 3.18. The molecule has 0 saturated carbocycles. The van der Waals surface area contributed by atoms with Gasteiger partial charge in [-0.1, -0.05) is 0 Å². The summed E-state index contributed by atoms with van der Waals surface area (Å²) < 4.78 is 6.03. The highest BCUT2D eigenvalue weighted by atomic mass is 16.5. The molecule has 0 aromatic carbocycles. The molecule has 1 aromatic heterocycles. The minimum Gasteiger partial charge on any atom is -0.490 e. The maximum absolute atomic E-state index is 12.5. The molecule has 6 nitrogen and oxygen atoms in total. The maximum atomic E-state index is 12.5. The Morgan fingerprint density at radius 3 is 2.83 bits per heavy atom. The van der Waals surface area contributed by atoms with E-state index < -0.39 is 0 Å². The van der Waals surface area contributed by atoms with E-state index >= 15 is 0 Å². The lowest BCUT2D eigenvalue weighted by Gasteiger charge is -2.35. The van der Waals surface area contributed by atoms with Crippen molar-refractivity contribution in [3.05, 3.63) is 24.0 Å². The van der Waals surface area contributed by atoms with Crippen molar-refractivity contribution in [2.75, 3.05) is 13.1 Å². The van der Waals surface area contributed by atoms with Crippen LogP contribution in [-0.4, -0.2) is 46.9 Å². The second-order valence-corrected chi connectivity index (χ2v) is 6.30. The molecule has 3 rings (SSSR count). The quantitative estimate of drug-likeness (QED) is 0.915. The minimum absolute atomic E-state index is 0.0130. The molecule has 3 heterocycles. The van der Waals surface area contributed by atoms with Gasteiger partial charge in [0.2, 0.25) is 11.8 Å². The van der Waals surface area contributed by atoms with Gasteiger partial charge in [0.15, 0.2) is 0 Å². The fraction of sp³-hybridized carbons (Fsp3) is 0.588. The van der Waals surface area contributed by atoms with E-state index in [1.807, 2.05) is 17.9 Å². The van der Waals surface area contributed by atoms with Crippen LogP contribution in [-0.2, 0) is 9.59 Å². The number of aromatic nitrogens is 1. The monoisotopic (exact) mass is 317 g/mol. The smallest absolute Gasteiger partial charge is 0.245 e. The third-order valence-corrected chi connectivity index (χ3v) is 4.55. The van der Waals surface area contributed by atoms with E-state index in [-0.39, 0.29) is 24.0 Å². The molecule has 2 aliphatic rings. The SMILES string of the molecule is Cc1cnccc1OC1CCN(C(=O)[C@H]2CCCC(=O)N2)CC1. The fourth-order valence-corrected chi connectivity index (χ4v) is 3.18. The first-order valence-corrected chi connectivity index (χ1v) is 8.29. The first-order chi connectivity index (χ1) is 11.1. The van der Waals surface area contributed by atoms with Crippen molar-refractivity contribution in [1.82, 2.24) is 15.2 Å². The van der Waals surface area contributed by atoms with Gasteiger partial charge >= 0.3 is 0 Å². The Hall–Kier alpha value is -2.11. The van der Waals surface area contributed by atoms with Crippen LogP contribution in [0.1, 0.15) is 37.7 Å². The van der Waals surface area contributed by atoms with Gasteiger partial charge in [-0.3, -0.25) is 14.6 Å². The first-order valence-electron chi connectivity index (χ1n) is 8.29. The summed E-state index contributed by atoms with van der Waals surface area (Å²) in [5, 5.41) is 2.80. The van der Waals surface area contributed by atoms with Crippen LogP contribution in [0.3, 0.4) is 0 Å². The number of aryl methyl sites for hydroxylation is 1. The molecule has 0 spiro atoms. The van der Waals surface area contributed by atoms with Gasteiger partial charge in [0, 0.05) is 50.3 Å². The summed E-state index contributed by atoms with van der Waals surface area (Å²) in [5.74, 6) is 0.905. The summed E-state index contributed by atoms with van der Waals surface area (Å²) >= 11 is 0. The predicted molar refractivity (Wildman–Crippen MR) is 85.0 cm³/mol. The van der Waals surface area contributed by atoms with Gasteiger partial charge in [0.1, 0.15) is 17.9 Å². The molecule has 2 fully saturated rings. The Labute approximate surface area is 136 Å². The Kier molecular flexibility index (Phi) is 4.79. The van der Waals surface area contributed by atoms with E-state index in [1.54, 1.807) is 12.4 Å². The number of hydrogen-bond donors (Lipinski definition) is 1. The lowest BCUT2D eigenvalue weighted by Crippen LogP contribution is -2.53. The normalized spacial score (nSPS) is 22.6. The molecular weight excluding hydrogens is 294 g/mol. The third-order valence-electron chi connectivity index (χ3n) is 4.55. The van der Waals surface area contributed by atoms with E-state index in [2.05, 4.69) is 10.3 Å². The third kappa shape index (κ3) is 3.81. The number of rotatable bonds is 3. The van der Waals surface area contributed by atoms with Gasteiger partial charge in [-0.25, -0.2) is 0 Å². The largest absolute Gasteiger partial charge is 0.490 e. The van der Waals surface area contributed by atoms with Crippen LogP contribution in [0.4, 0.5) is 0 Å². The summed E-state index contributed by atoms with van der Waals surface area (Å²) in [6.07, 6.45) is 7.35. The lowest BCUT2D eigenvalue weighted by atomic mass is 10.0. The number of likely N-dealkylation sites (tertiary alicyclic amines) is 1. The molecule has 1 aromatic rings. The van der Waals surface area contributed by atoms with Gasteiger partial charge in [0.25, 0.3) is 0 Å². The summed E-state index contributed by atoms with van der Waals surface area (Å²) in [5.41, 5.74) is 1.02. The second kappa shape index (κ2) is 6.98. The van der Waals surface area contributed by atoms with E-state index in [0.29, 0.717) is 19.5 Å². The highest BCUT2D eigenvalue weighted by molar-refractivity contribution is 5.88. The Bertz CT molecular complexity index is 582. The molecule has 2 saturated heterocycles. The molecular formula is C17H23N3O3. The molecule has 2 aliphatic heterocycles. The molecule has 2 amide bonds. The molecule has 0 unspecified atom stereocenters. The van der Waals surface area contributed by atoms with Crippen molar-refractivity contribution in [3.63, 3.8) is 0 Å². The molecule has 0 aliphatic carbocycles. The van der Waals surface area contributed by atoms with Gasteiger partial charge in [-0.05, 0) is 25.8 Å². The Balaban J connectivity index is 1.51. The topological polar surface area (TPSA) is 71.5 Å². The van der Waals surface area contributed by atoms with Crippen LogP contribution in [0, 0.1) is 6.92 Å². The second-order valence-electron chi connectivity index (χ2n) is 6.30. The summed E-state index contributed by atoms with van der Waals surface area (Å²) in [7, 11) is 0. The highest BCUT2D eigenvalue weighted by Gasteiger charge is 2.31. The average Bonchev–Trinajstić information content (AvgIpc) is 2.57. The van der Waals surface area contributed by atoms with Gasteiger partial charge in [-0.2, -0.15) is 0 Å². The zero-order valence-electron chi connectivity index (χ0n) is 13.5. The van der Waals surface area contributed by atoms with Crippen molar-refractivity contribution >= 4 is 11.8 Å². The number of carbonyl (C=O) groups excluding carboxylic acids is 2. The number of amides is 2. The number of pyridine rings is 1. The average molecular weight is 317 g/mol. The molecule has 6 heteroatoms. The number of ether oxygens (including phenoxy) is 1. The Morgan fingerprint density at radius 1 is 1.35 bits per heavy atom. The summed E-state index contributed by atoms with van der Waals surface area (Å²) in [4.78, 5) is 29.8. The van der Waals surface area contributed by atoms with Crippen molar-refractivity contribution < 1.29 is 14.3 Å². The number of carbonyl (C=O) groups is 2. The number of nitrogens with one attached hydrogen (secondary N) is 1. The van der Waals surface area contributed by atoms with E-state index in [1.165, 1.54) is 0 Å². The molecule has 1 N–H and O–H groups in total. The van der Waals surface area contributed by atoms with Crippen LogP contribution in [0.25, 0.3) is 0 Å². The first kappa shape index (κ1) is 15.8. The van der Waals surface area contributed by atoms with Crippen molar-refractivity contribution in [2.24, 2.45) is 0 Å². The Morgan fingerprint density at radius 2 is 2.13 bits per heavy atom. The van der Waals surface area contributed by atoms with E-state index in [9.17, 15) is 9.59 Å². The molecule has 23 heavy (non-hydrogen) atoms. The van der Waals surface area contributed by atoms with Gasteiger partial charge in [-0.15, -0.1) is 0 Å². The zero-order chi connectivity index (χ0) is 16.2. The van der Waals surface area contributed by atoms with Crippen LogP contribution in [0.15, 0.2) is 18.5 Å². The standard InChI is InChI=1S/C17H23N3O3/c1-12-11-18-8-5-15(12)23-13-6-9-20(10-7-13)17(22)14-3-2-4-16(21)19-14/h5,8,11,13-14H,2-4,6-7,9-10H2,1H3,(H,19,21)/t14-/m1/s1. The molecule has 1 atom stereocenters. The van der Waals surface area contributed by atoms with Crippen molar-refractivity contribution in [2.45, 2.75) is 51.2 Å². The minimum atomic E-state index is -0.337. The lowest BCUT2D eigenvalue weighted by molar-refractivity contribution is -0.139. The van der Waals surface area contributed by atoms with Crippen LogP contribution in [0.2, 0.25) is 0 Å². The van der Waals surface area contributed by atoms with Crippen LogP contribution < -0.4 is 10.1 Å². The number of nitrogens with zero attached hydrogens (tertiary/aromatic N) is 2. The zero-order valence-corrected chi connectivity index (χ0v) is 13.5. The van der Waals surface area contributed by atoms with Crippen LogP contribution >= 0.6 is 0 Å². The van der Waals surface area contributed by atoms with Crippen molar-refractivity contribution in [3.8, 4) is 5.75 Å². The molecule has 0 bridgehead atoms. The predicted octanol–water partition coefficient (Wildman–Crippen LogP) is 1.43. The maximum Gasteiger partial charge on any atom is 0.245 e.